The molecule has 134 valence electrons. The van der Waals surface area contributed by atoms with E-state index in [0.717, 1.165) is 38.5 Å². The number of halogens is 1. The van der Waals surface area contributed by atoms with Crippen LogP contribution in [0.15, 0.2) is 41.5 Å². The average molecular weight is 363 g/mol. The average Bonchev–Trinajstić information content (AvgIpc) is 2.64. The number of nitrogens with zero attached hydrogens (tertiary/aromatic N) is 4. The summed E-state index contributed by atoms with van der Waals surface area (Å²) in [6, 6.07) is 7.40. The Morgan fingerprint density at radius 3 is 2.56 bits per heavy atom. The van der Waals surface area contributed by atoms with Gasteiger partial charge in [-0.05, 0) is 31.2 Å². The van der Waals surface area contributed by atoms with Crippen molar-refractivity contribution in [1.29, 1.82) is 0 Å². The second-order valence-electron chi connectivity index (χ2n) is 5.97. The molecule has 2 aromatic rings. The molecule has 2 heterocycles. The fourth-order valence-electron chi connectivity index (χ4n) is 2.91. The van der Waals surface area contributed by atoms with Crippen LogP contribution in [-0.2, 0) is 6.54 Å². The van der Waals surface area contributed by atoms with Crippen LogP contribution < -0.4 is 15.2 Å². The van der Waals surface area contributed by atoms with Crippen molar-refractivity contribution in [2.75, 3.05) is 44.2 Å². The van der Waals surface area contributed by atoms with Crippen molar-refractivity contribution in [3.8, 4) is 5.75 Å². The molecule has 0 unspecified atom stereocenters. The molecule has 3 rings (SSSR count). The number of aromatic nitrogens is 2. The minimum absolute atomic E-state index is 0.00970. The molecular weight excluding hydrogens is 340 g/mol. The van der Waals surface area contributed by atoms with Gasteiger partial charge in [0.2, 0.25) is 0 Å². The highest BCUT2D eigenvalue weighted by Crippen LogP contribution is 2.15. The molecule has 1 aliphatic rings. The summed E-state index contributed by atoms with van der Waals surface area (Å²) in [5.41, 5.74) is -0.00970. The maximum Gasteiger partial charge on any atom is 0.293 e. The molecule has 1 aromatic heterocycles. The molecule has 1 saturated heterocycles. The SMILES string of the molecule is CCn1ccnc(N2CCN(CCOc3ccc(Cl)cc3)CC2)c1=O. The van der Waals surface area contributed by atoms with E-state index >= 15 is 0 Å². The van der Waals surface area contributed by atoms with Crippen molar-refractivity contribution in [1.82, 2.24) is 14.5 Å². The Morgan fingerprint density at radius 2 is 1.88 bits per heavy atom. The Kier molecular flexibility index (Phi) is 5.94. The number of anilines is 1. The summed E-state index contributed by atoms with van der Waals surface area (Å²) in [5, 5.41) is 0.708. The molecule has 0 atom stereocenters. The number of hydrogen-bond donors (Lipinski definition) is 0. The fourth-order valence-corrected chi connectivity index (χ4v) is 3.03. The van der Waals surface area contributed by atoms with Crippen LogP contribution in [0.1, 0.15) is 6.92 Å². The minimum Gasteiger partial charge on any atom is -0.492 e. The smallest absolute Gasteiger partial charge is 0.293 e. The highest BCUT2D eigenvalue weighted by molar-refractivity contribution is 6.30. The van der Waals surface area contributed by atoms with E-state index < -0.39 is 0 Å². The summed E-state index contributed by atoms with van der Waals surface area (Å²) >= 11 is 5.86. The summed E-state index contributed by atoms with van der Waals surface area (Å²) < 4.78 is 7.43. The highest BCUT2D eigenvalue weighted by Gasteiger charge is 2.20. The van der Waals surface area contributed by atoms with E-state index in [0.29, 0.717) is 24.0 Å². The summed E-state index contributed by atoms with van der Waals surface area (Å²) in [4.78, 5) is 21.0. The Bertz CT molecular complexity index is 739. The Labute approximate surface area is 152 Å². The van der Waals surface area contributed by atoms with Crippen LogP contribution in [-0.4, -0.2) is 53.8 Å². The molecule has 0 bridgehead atoms. The summed E-state index contributed by atoms with van der Waals surface area (Å²) in [6.45, 7) is 7.51. The second-order valence-corrected chi connectivity index (χ2v) is 6.41. The van der Waals surface area contributed by atoms with Gasteiger partial charge in [-0.25, -0.2) is 4.98 Å². The lowest BCUT2D eigenvalue weighted by Gasteiger charge is -2.34. The first-order valence-electron chi connectivity index (χ1n) is 8.58. The molecule has 0 N–H and O–H groups in total. The van der Waals surface area contributed by atoms with E-state index in [2.05, 4.69) is 14.8 Å². The van der Waals surface area contributed by atoms with Gasteiger partial charge in [-0.15, -0.1) is 0 Å². The maximum absolute atomic E-state index is 12.3. The van der Waals surface area contributed by atoms with Crippen molar-refractivity contribution in [2.24, 2.45) is 0 Å². The zero-order valence-corrected chi connectivity index (χ0v) is 15.2. The Morgan fingerprint density at radius 1 is 1.16 bits per heavy atom. The van der Waals surface area contributed by atoms with Gasteiger partial charge in [-0.3, -0.25) is 9.69 Å². The van der Waals surface area contributed by atoms with Crippen LogP contribution >= 0.6 is 11.6 Å². The number of rotatable bonds is 6. The number of aryl methyl sites for hydroxylation is 1. The highest BCUT2D eigenvalue weighted by atomic mass is 35.5. The maximum atomic E-state index is 12.3. The zero-order valence-electron chi connectivity index (χ0n) is 14.4. The molecule has 25 heavy (non-hydrogen) atoms. The molecule has 0 spiro atoms. The Balaban J connectivity index is 1.47. The van der Waals surface area contributed by atoms with Gasteiger partial charge in [-0.1, -0.05) is 11.6 Å². The van der Waals surface area contributed by atoms with Crippen LogP contribution in [0.3, 0.4) is 0 Å². The molecule has 1 aromatic carbocycles. The third-order valence-corrected chi connectivity index (χ3v) is 4.65. The van der Waals surface area contributed by atoms with Gasteiger partial charge in [0.15, 0.2) is 5.82 Å². The first-order valence-corrected chi connectivity index (χ1v) is 8.96. The van der Waals surface area contributed by atoms with Gasteiger partial charge >= 0.3 is 0 Å². The quantitative estimate of drug-likeness (QED) is 0.787. The molecular formula is C18H23ClN4O2. The van der Waals surface area contributed by atoms with Gasteiger partial charge in [0.1, 0.15) is 12.4 Å². The normalized spacial score (nSPS) is 15.4. The van der Waals surface area contributed by atoms with E-state index in [9.17, 15) is 4.79 Å². The van der Waals surface area contributed by atoms with Crippen molar-refractivity contribution in [3.63, 3.8) is 0 Å². The molecule has 1 aliphatic heterocycles. The van der Waals surface area contributed by atoms with Gasteiger partial charge in [-0.2, -0.15) is 0 Å². The number of ether oxygens (including phenoxy) is 1. The van der Waals surface area contributed by atoms with E-state index in [1.807, 2.05) is 31.2 Å². The number of benzene rings is 1. The molecule has 7 heteroatoms. The van der Waals surface area contributed by atoms with E-state index in [4.69, 9.17) is 16.3 Å². The van der Waals surface area contributed by atoms with Crippen LogP contribution in [0, 0.1) is 0 Å². The molecule has 0 saturated carbocycles. The summed E-state index contributed by atoms with van der Waals surface area (Å²) in [5.74, 6) is 1.39. The van der Waals surface area contributed by atoms with Gasteiger partial charge in [0.25, 0.3) is 5.56 Å². The topological polar surface area (TPSA) is 50.6 Å². The van der Waals surface area contributed by atoms with Gasteiger partial charge in [0.05, 0.1) is 0 Å². The predicted molar refractivity (Wildman–Crippen MR) is 99.8 cm³/mol. The zero-order chi connectivity index (χ0) is 17.6. The number of piperazine rings is 1. The van der Waals surface area contributed by atoms with Crippen LogP contribution in [0.25, 0.3) is 0 Å². The minimum atomic E-state index is -0.00970. The predicted octanol–water partition coefficient (Wildman–Crippen LogP) is 2.12. The summed E-state index contributed by atoms with van der Waals surface area (Å²) in [6.07, 6.45) is 3.43. The molecule has 6 nitrogen and oxygen atoms in total. The summed E-state index contributed by atoms with van der Waals surface area (Å²) in [7, 11) is 0. The third kappa shape index (κ3) is 4.52. The second kappa shape index (κ2) is 8.36. The number of hydrogen-bond acceptors (Lipinski definition) is 5. The van der Waals surface area contributed by atoms with Gasteiger partial charge in [0, 0.05) is 56.7 Å². The third-order valence-electron chi connectivity index (χ3n) is 4.40. The van der Waals surface area contributed by atoms with Crippen LogP contribution in [0.2, 0.25) is 5.02 Å². The van der Waals surface area contributed by atoms with Crippen LogP contribution in [0.5, 0.6) is 5.75 Å². The first kappa shape index (κ1) is 17.8. The molecule has 0 amide bonds. The monoisotopic (exact) mass is 362 g/mol. The standard InChI is InChI=1S/C18H23ClN4O2/c1-2-22-8-7-20-17(18(22)24)23-11-9-21(10-12-23)13-14-25-16-5-3-15(19)4-6-16/h3-8H,2,9-14H2,1H3. The van der Waals surface area contributed by atoms with Crippen molar-refractivity contribution in [2.45, 2.75) is 13.5 Å². The first-order chi connectivity index (χ1) is 12.2. The lowest BCUT2D eigenvalue weighted by molar-refractivity contribution is 0.200. The van der Waals surface area contributed by atoms with Crippen molar-refractivity contribution >= 4 is 17.4 Å². The lowest BCUT2D eigenvalue weighted by atomic mass is 10.3. The van der Waals surface area contributed by atoms with E-state index in [-0.39, 0.29) is 5.56 Å². The van der Waals surface area contributed by atoms with Crippen molar-refractivity contribution in [3.05, 3.63) is 52.0 Å². The molecule has 1 fully saturated rings. The lowest BCUT2D eigenvalue weighted by Crippen LogP contribution is -2.49. The molecule has 0 aliphatic carbocycles. The molecule has 0 radical (unpaired) electrons. The van der Waals surface area contributed by atoms with E-state index in [1.165, 1.54) is 0 Å². The fraction of sp³-hybridized carbons (Fsp3) is 0.444. The van der Waals surface area contributed by atoms with E-state index in [1.54, 1.807) is 17.0 Å². The van der Waals surface area contributed by atoms with Crippen molar-refractivity contribution < 1.29 is 4.74 Å². The van der Waals surface area contributed by atoms with Gasteiger partial charge < -0.3 is 14.2 Å². The Hall–Kier alpha value is -2.05. The van der Waals surface area contributed by atoms with Crippen LogP contribution in [0.4, 0.5) is 5.82 Å². The largest absolute Gasteiger partial charge is 0.492 e.